The Labute approximate surface area is 88.0 Å². The highest BCUT2D eigenvalue weighted by molar-refractivity contribution is 6.50. The van der Waals surface area contributed by atoms with Crippen molar-refractivity contribution in [3.05, 3.63) is 36.7 Å². The molecule has 1 N–H and O–H groups in total. The largest absolute Gasteiger partial charge is 0.673 e. The molecule has 1 heterocycles. The van der Waals surface area contributed by atoms with E-state index >= 15 is 0 Å². The molecule has 16 heavy (non-hydrogen) atoms. The molecule has 0 aliphatic heterocycles. The van der Waals surface area contributed by atoms with Gasteiger partial charge in [0.1, 0.15) is 10.8 Å². The molecule has 2 aromatic rings. The molecule has 0 saturated carbocycles. The molecule has 1 aromatic heterocycles. The summed E-state index contributed by atoms with van der Waals surface area (Å²) in [5, 5.41) is 9.95. The number of hydrogen-bond acceptors (Lipinski definition) is 2. The van der Waals surface area contributed by atoms with E-state index in [4.69, 9.17) is 0 Å². The van der Waals surface area contributed by atoms with Gasteiger partial charge in [-0.1, -0.05) is 23.4 Å². The van der Waals surface area contributed by atoms with E-state index in [0.717, 1.165) is 5.69 Å². The first-order chi connectivity index (χ1) is 7.47. The second kappa shape index (κ2) is 5.24. The average molecular weight is 234 g/mol. The van der Waals surface area contributed by atoms with Gasteiger partial charge in [0.25, 0.3) is 6.33 Å². The minimum atomic E-state index is -6.00. The number of nitrogens with one attached hydrogen (secondary N) is 1. The van der Waals surface area contributed by atoms with Crippen LogP contribution in [0.5, 0.6) is 0 Å². The van der Waals surface area contributed by atoms with Crippen LogP contribution in [-0.2, 0) is 0 Å². The van der Waals surface area contributed by atoms with Crippen molar-refractivity contribution in [3.8, 4) is 5.69 Å². The highest BCUT2D eigenvalue weighted by atomic mass is 19.5. The molecule has 2 rings (SSSR count). The van der Waals surface area contributed by atoms with E-state index in [1.165, 1.54) is 0 Å². The molecule has 0 amide bonds. The number of H-pyrrole nitrogens is 1. The zero-order valence-electron chi connectivity index (χ0n) is 7.89. The maximum Gasteiger partial charge on any atom is 0.673 e. The van der Waals surface area contributed by atoms with Gasteiger partial charge < -0.3 is 17.3 Å². The lowest BCUT2D eigenvalue weighted by Gasteiger charge is -1.94. The molecule has 0 radical (unpaired) electrons. The first-order valence-electron chi connectivity index (χ1n) is 4.17. The van der Waals surface area contributed by atoms with E-state index in [1.54, 1.807) is 11.0 Å². The van der Waals surface area contributed by atoms with Gasteiger partial charge in [-0.3, -0.25) is 0 Å². The van der Waals surface area contributed by atoms with E-state index in [1.807, 2.05) is 30.3 Å². The van der Waals surface area contributed by atoms with Crippen LogP contribution in [0.3, 0.4) is 0 Å². The minimum Gasteiger partial charge on any atom is -0.418 e. The van der Waals surface area contributed by atoms with Crippen molar-refractivity contribution in [3.63, 3.8) is 0 Å². The summed E-state index contributed by atoms with van der Waals surface area (Å²) in [5.41, 5.74) is 1.03. The van der Waals surface area contributed by atoms with Crippen molar-refractivity contribution in [1.29, 1.82) is 0 Å². The van der Waals surface area contributed by atoms with Crippen LogP contribution < -0.4 is 4.68 Å². The Morgan fingerprint density at radius 3 is 2.06 bits per heavy atom. The molecule has 0 fully saturated rings. The number of nitrogens with zero attached hydrogens (tertiary/aromatic N) is 3. The Hall–Kier alpha value is -1.93. The Morgan fingerprint density at radius 2 is 1.62 bits per heavy atom. The summed E-state index contributed by atoms with van der Waals surface area (Å²) < 4.78 is 40.7. The molecule has 4 nitrogen and oxygen atoms in total. The van der Waals surface area contributed by atoms with Crippen LogP contribution in [0.2, 0.25) is 0 Å². The lowest BCUT2D eigenvalue weighted by Crippen LogP contribution is -2.31. The van der Waals surface area contributed by atoms with Crippen molar-refractivity contribution in [2.45, 2.75) is 0 Å². The first kappa shape index (κ1) is 12.1. The van der Waals surface area contributed by atoms with Crippen LogP contribution in [-0.4, -0.2) is 22.8 Å². The number of benzene rings is 1. The molecule has 0 aliphatic rings. The first-order valence-corrected chi connectivity index (χ1v) is 4.17. The van der Waals surface area contributed by atoms with Crippen molar-refractivity contribution < 1.29 is 21.9 Å². The molecular formula is C7H7BF4N4. The zero-order valence-corrected chi connectivity index (χ0v) is 7.89. The lowest BCUT2D eigenvalue weighted by molar-refractivity contribution is -0.660. The van der Waals surface area contributed by atoms with Crippen molar-refractivity contribution in [2.24, 2.45) is 0 Å². The molecule has 9 heteroatoms. The van der Waals surface area contributed by atoms with Gasteiger partial charge in [0.05, 0.1) is 0 Å². The zero-order chi connectivity index (χ0) is 12.0. The Morgan fingerprint density at radius 1 is 1.06 bits per heavy atom. The summed E-state index contributed by atoms with van der Waals surface area (Å²) in [4.78, 5) is 0. The van der Waals surface area contributed by atoms with Gasteiger partial charge in [-0.2, -0.15) is 0 Å². The highest BCUT2D eigenvalue weighted by Gasteiger charge is 2.20. The maximum absolute atomic E-state index is 9.75. The molecular weight excluding hydrogens is 227 g/mol. The van der Waals surface area contributed by atoms with Gasteiger partial charge in [0, 0.05) is 0 Å². The lowest BCUT2D eigenvalue weighted by atomic mass is 10.3. The SMILES string of the molecule is F[B-](F)(F)F.c1ccc(-[n+]2cnn[nH]2)cc1. The fourth-order valence-electron chi connectivity index (χ4n) is 0.890. The molecule has 0 bridgehead atoms. The van der Waals surface area contributed by atoms with E-state index in [0.29, 0.717) is 0 Å². The topological polar surface area (TPSA) is 45.5 Å². The third kappa shape index (κ3) is 5.08. The number of hydrogen-bond donors (Lipinski definition) is 1. The normalized spacial score (nSPS) is 10.5. The highest BCUT2D eigenvalue weighted by Crippen LogP contribution is 2.06. The number of tetrazole rings is 1. The average Bonchev–Trinajstić information content (AvgIpc) is 2.69. The number of para-hydroxylation sites is 1. The fourth-order valence-corrected chi connectivity index (χ4v) is 0.890. The van der Waals surface area contributed by atoms with Gasteiger partial charge in [-0.05, 0) is 12.1 Å². The van der Waals surface area contributed by atoms with Crippen LogP contribution in [0.1, 0.15) is 0 Å². The summed E-state index contributed by atoms with van der Waals surface area (Å²) >= 11 is 0. The van der Waals surface area contributed by atoms with Crippen LogP contribution in [0.25, 0.3) is 5.69 Å². The Bertz CT molecular complexity index is 396. The van der Waals surface area contributed by atoms with E-state index in [-0.39, 0.29) is 0 Å². The summed E-state index contributed by atoms with van der Waals surface area (Å²) in [7, 11) is -6.00. The molecule has 0 unspecified atom stereocenters. The van der Waals surface area contributed by atoms with Gasteiger partial charge in [0.15, 0.2) is 5.21 Å². The molecule has 1 aromatic carbocycles. The quantitative estimate of drug-likeness (QED) is 0.460. The van der Waals surface area contributed by atoms with Gasteiger partial charge in [-0.25, -0.2) is 0 Å². The number of halogens is 4. The maximum atomic E-state index is 9.75. The van der Waals surface area contributed by atoms with E-state index < -0.39 is 7.25 Å². The van der Waals surface area contributed by atoms with E-state index in [2.05, 4.69) is 15.5 Å². The molecule has 0 aliphatic carbocycles. The third-order valence-corrected chi connectivity index (χ3v) is 1.41. The van der Waals surface area contributed by atoms with Crippen LogP contribution >= 0.6 is 0 Å². The smallest absolute Gasteiger partial charge is 0.418 e. The second-order valence-corrected chi connectivity index (χ2v) is 2.63. The van der Waals surface area contributed by atoms with Crippen LogP contribution in [0, 0.1) is 0 Å². The fraction of sp³-hybridized carbons (Fsp3) is 0. The Kier molecular flexibility index (Phi) is 3.98. The molecule has 0 saturated heterocycles. The second-order valence-electron chi connectivity index (χ2n) is 2.63. The number of aromatic nitrogens is 4. The number of rotatable bonds is 1. The van der Waals surface area contributed by atoms with Gasteiger partial charge in [-0.15, -0.1) is 4.68 Å². The third-order valence-electron chi connectivity index (χ3n) is 1.41. The minimum absolute atomic E-state index is 1.03. The summed E-state index contributed by atoms with van der Waals surface area (Å²) in [5.74, 6) is 0. The Balaban J connectivity index is 0.000000221. The van der Waals surface area contributed by atoms with Crippen LogP contribution in [0.15, 0.2) is 36.7 Å². The summed E-state index contributed by atoms with van der Waals surface area (Å²) in [6.07, 6.45) is 1.62. The summed E-state index contributed by atoms with van der Waals surface area (Å²) in [6.45, 7) is 0. The van der Waals surface area contributed by atoms with Crippen molar-refractivity contribution >= 4 is 7.25 Å². The number of aromatic amines is 1. The van der Waals surface area contributed by atoms with Crippen molar-refractivity contribution in [2.75, 3.05) is 0 Å². The standard InChI is InChI=1S/C7H6N4.BF4/c1-2-4-7(5-3-1)11-6-8-9-10-11;2-1(3,4)5/h1-6H;/q;-1/p+1. The van der Waals surface area contributed by atoms with Crippen molar-refractivity contribution in [1.82, 2.24) is 15.5 Å². The van der Waals surface area contributed by atoms with E-state index in [9.17, 15) is 17.3 Å². The monoisotopic (exact) mass is 234 g/mol. The summed E-state index contributed by atoms with van der Waals surface area (Å²) in [6, 6.07) is 9.83. The van der Waals surface area contributed by atoms with Crippen LogP contribution in [0.4, 0.5) is 17.3 Å². The molecule has 0 spiro atoms. The molecule has 0 atom stereocenters. The van der Waals surface area contributed by atoms with Gasteiger partial charge >= 0.3 is 7.25 Å². The predicted octanol–water partition coefficient (Wildman–Crippen LogP) is 1.38. The van der Waals surface area contributed by atoms with Gasteiger partial charge in [0.2, 0.25) is 0 Å². The molecule has 86 valence electrons. The predicted molar refractivity (Wildman–Crippen MR) is 48.1 cm³/mol.